The van der Waals surface area contributed by atoms with E-state index in [0.717, 1.165) is 10.9 Å². The summed E-state index contributed by atoms with van der Waals surface area (Å²) in [5, 5.41) is 3.46. The molecule has 1 aromatic heterocycles. The number of fused-ring (bicyclic) bond motifs is 1. The van der Waals surface area contributed by atoms with Crippen molar-refractivity contribution in [1.82, 2.24) is 9.88 Å². The van der Waals surface area contributed by atoms with Crippen LogP contribution in [0.25, 0.3) is 10.9 Å². The molecule has 0 aliphatic heterocycles. The zero-order chi connectivity index (χ0) is 10.8. The van der Waals surface area contributed by atoms with Crippen molar-refractivity contribution in [3.63, 3.8) is 0 Å². The fourth-order valence-corrected chi connectivity index (χ4v) is 1.53. The summed E-state index contributed by atoms with van der Waals surface area (Å²) < 4.78 is 14.7. The number of halogens is 1. The molecular formula is C11H11FN2O. The van der Waals surface area contributed by atoms with Gasteiger partial charge >= 0.3 is 0 Å². The van der Waals surface area contributed by atoms with Crippen LogP contribution >= 0.6 is 0 Å². The average molecular weight is 206 g/mol. The molecule has 0 unspecified atom stereocenters. The van der Waals surface area contributed by atoms with Crippen molar-refractivity contribution in [2.75, 3.05) is 7.05 Å². The number of rotatable bonds is 2. The van der Waals surface area contributed by atoms with Crippen LogP contribution in [0, 0.1) is 5.82 Å². The third-order valence-electron chi connectivity index (χ3n) is 2.33. The molecule has 78 valence electrons. The molecule has 2 aromatic rings. The number of hydrogen-bond donors (Lipinski definition) is 1. The van der Waals surface area contributed by atoms with Crippen LogP contribution in [0.2, 0.25) is 0 Å². The molecule has 0 spiro atoms. The highest BCUT2D eigenvalue weighted by molar-refractivity contribution is 5.83. The maximum Gasteiger partial charge on any atom is 0.239 e. The van der Waals surface area contributed by atoms with Gasteiger partial charge < -0.3 is 9.88 Å². The van der Waals surface area contributed by atoms with Gasteiger partial charge in [0.05, 0.1) is 5.52 Å². The standard InChI is InChI=1S/C11H11FN2O/c1-13-11(15)7-14-5-4-8-2-3-9(12)6-10(8)14/h2-6H,7H2,1H3,(H,13,15). The summed E-state index contributed by atoms with van der Waals surface area (Å²) in [5.41, 5.74) is 0.735. The van der Waals surface area contributed by atoms with Gasteiger partial charge in [0.15, 0.2) is 0 Å². The molecule has 0 saturated heterocycles. The van der Waals surface area contributed by atoms with Crippen molar-refractivity contribution >= 4 is 16.8 Å². The van der Waals surface area contributed by atoms with Gasteiger partial charge in [-0.25, -0.2) is 4.39 Å². The molecule has 1 aromatic carbocycles. The molecule has 0 fully saturated rings. The number of benzene rings is 1. The number of carbonyl (C=O) groups excluding carboxylic acids is 1. The molecule has 0 aliphatic rings. The lowest BCUT2D eigenvalue weighted by Gasteiger charge is -2.03. The smallest absolute Gasteiger partial charge is 0.239 e. The number of likely N-dealkylation sites (N-methyl/N-ethyl adjacent to an activating group) is 1. The Kier molecular flexibility index (Phi) is 2.41. The molecule has 3 nitrogen and oxygen atoms in total. The first-order valence-electron chi connectivity index (χ1n) is 4.65. The summed E-state index contributed by atoms with van der Waals surface area (Å²) in [7, 11) is 1.58. The second-order valence-electron chi connectivity index (χ2n) is 3.32. The van der Waals surface area contributed by atoms with Crippen LogP contribution in [-0.4, -0.2) is 17.5 Å². The summed E-state index contributed by atoms with van der Waals surface area (Å²) >= 11 is 0. The van der Waals surface area contributed by atoms with Gasteiger partial charge in [-0.2, -0.15) is 0 Å². The van der Waals surface area contributed by atoms with Crippen LogP contribution in [0.5, 0.6) is 0 Å². The van der Waals surface area contributed by atoms with Crippen LogP contribution in [0.1, 0.15) is 0 Å². The second kappa shape index (κ2) is 3.73. The predicted molar refractivity (Wildman–Crippen MR) is 56.0 cm³/mol. The average Bonchev–Trinajstić information content (AvgIpc) is 2.61. The van der Waals surface area contributed by atoms with Crippen LogP contribution in [0.15, 0.2) is 30.5 Å². The van der Waals surface area contributed by atoms with Gasteiger partial charge in [0.1, 0.15) is 12.4 Å². The highest BCUT2D eigenvalue weighted by Crippen LogP contribution is 2.16. The Balaban J connectivity index is 2.43. The zero-order valence-electron chi connectivity index (χ0n) is 8.33. The third kappa shape index (κ3) is 1.83. The largest absolute Gasteiger partial charge is 0.358 e. The van der Waals surface area contributed by atoms with E-state index in [9.17, 15) is 9.18 Å². The maximum absolute atomic E-state index is 13.0. The SMILES string of the molecule is CNC(=O)Cn1ccc2ccc(F)cc21. The van der Waals surface area contributed by atoms with E-state index in [1.807, 2.05) is 6.07 Å². The van der Waals surface area contributed by atoms with Crippen molar-refractivity contribution in [2.24, 2.45) is 0 Å². The lowest BCUT2D eigenvalue weighted by molar-refractivity contribution is -0.121. The molecule has 1 amide bonds. The minimum atomic E-state index is -0.292. The lowest BCUT2D eigenvalue weighted by Crippen LogP contribution is -2.22. The number of carbonyl (C=O) groups is 1. The van der Waals surface area contributed by atoms with Crippen LogP contribution < -0.4 is 5.32 Å². The van der Waals surface area contributed by atoms with E-state index >= 15 is 0 Å². The Morgan fingerprint density at radius 1 is 1.47 bits per heavy atom. The van der Waals surface area contributed by atoms with Gasteiger partial charge in [0.2, 0.25) is 5.91 Å². The molecule has 1 heterocycles. The van der Waals surface area contributed by atoms with Crippen molar-refractivity contribution in [3.8, 4) is 0 Å². The quantitative estimate of drug-likeness (QED) is 0.794. The van der Waals surface area contributed by atoms with Gasteiger partial charge in [-0.3, -0.25) is 4.79 Å². The molecule has 0 bridgehead atoms. The number of nitrogens with one attached hydrogen (secondary N) is 1. The molecule has 4 heteroatoms. The number of aromatic nitrogens is 1. The first-order chi connectivity index (χ1) is 7.20. The van der Waals surface area contributed by atoms with Crippen molar-refractivity contribution in [1.29, 1.82) is 0 Å². The Morgan fingerprint density at radius 2 is 2.27 bits per heavy atom. The molecule has 0 aliphatic carbocycles. The predicted octanol–water partition coefficient (Wildman–Crippen LogP) is 1.53. The highest BCUT2D eigenvalue weighted by atomic mass is 19.1. The van der Waals surface area contributed by atoms with Crippen molar-refractivity contribution in [2.45, 2.75) is 6.54 Å². The summed E-state index contributed by atoms with van der Waals surface area (Å²) in [6.45, 7) is 0.212. The topological polar surface area (TPSA) is 34.0 Å². The molecule has 1 N–H and O–H groups in total. The lowest BCUT2D eigenvalue weighted by atomic mass is 10.2. The third-order valence-corrected chi connectivity index (χ3v) is 2.33. The van der Waals surface area contributed by atoms with Crippen LogP contribution in [0.3, 0.4) is 0 Å². The maximum atomic E-state index is 13.0. The number of nitrogens with zero attached hydrogens (tertiary/aromatic N) is 1. The first kappa shape index (κ1) is 9.71. The molecule has 0 radical (unpaired) electrons. The van der Waals surface area contributed by atoms with Crippen LogP contribution in [0.4, 0.5) is 4.39 Å². The Hall–Kier alpha value is -1.84. The fraction of sp³-hybridized carbons (Fsp3) is 0.182. The monoisotopic (exact) mass is 206 g/mol. The molecular weight excluding hydrogens is 195 g/mol. The summed E-state index contributed by atoms with van der Waals surface area (Å²) in [5.74, 6) is -0.392. The molecule has 0 saturated carbocycles. The second-order valence-corrected chi connectivity index (χ2v) is 3.32. The summed E-state index contributed by atoms with van der Waals surface area (Å²) in [6, 6.07) is 6.40. The van der Waals surface area contributed by atoms with E-state index < -0.39 is 0 Å². The minimum absolute atomic E-state index is 0.100. The van der Waals surface area contributed by atoms with Gasteiger partial charge in [0, 0.05) is 13.2 Å². The minimum Gasteiger partial charge on any atom is -0.358 e. The Morgan fingerprint density at radius 3 is 3.00 bits per heavy atom. The fourth-order valence-electron chi connectivity index (χ4n) is 1.53. The summed E-state index contributed by atoms with van der Waals surface area (Å²) in [4.78, 5) is 11.2. The van der Waals surface area contributed by atoms with E-state index in [-0.39, 0.29) is 18.3 Å². The van der Waals surface area contributed by atoms with Gasteiger partial charge in [-0.15, -0.1) is 0 Å². The van der Waals surface area contributed by atoms with Gasteiger partial charge in [0.25, 0.3) is 0 Å². The first-order valence-corrected chi connectivity index (χ1v) is 4.65. The van der Waals surface area contributed by atoms with Gasteiger partial charge in [-0.1, -0.05) is 0 Å². The van der Waals surface area contributed by atoms with E-state index in [4.69, 9.17) is 0 Å². The molecule has 0 atom stereocenters. The molecule has 15 heavy (non-hydrogen) atoms. The number of hydrogen-bond acceptors (Lipinski definition) is 1. The van der Waals surface area contributed by atoms with Crippen molar-refractivity contribution < 1.29 is 9.18 Å². The highest BCUT2D eigenvalue weighted by Gasteiger charge is 2.05. The van der Waals surface area contributed by atoms with E-state index in [2.05, 4.69) is 5.32 Å². The normalized spacial score (nSPS) is 10.5. The Labute approximate surface area is 86.5 Å². The number of amides is 1. The van der Waals surface area contributed by atoms with Crippen molar-refractivity contribution in [3.05, 3.63) is 36.3 Å². The van der Waals surface area contributed by atoms with E-state index in [1.54, 1.807) is 23.9 Å². The molecule has 2 rings (SSSR count). The Bertz CT molecular complexity index is 504. The zero-order valence-corrected chi connectivity index (χ0v) is 8.33. The van der Waals surface area contributed by atoms with Crippen LogP contribution in [-0.2, 0) is 11.3 Å². The van der Waals surface area contributed by atoms with Gasteiger partial charge in [-0.05, 0) is 29.7 Å². The van der Waals surface area contributed by atoms with E-state index in [0.29, 0.717) is 0 Å². The van der Waals surface area contributed by atoms with E-state index in [1.165, 1.54) is 12.1 Å². The summed E-state index contributed by atoms with van der Waals surface area (Å²) in [6.07, 6.45) is 1.78.